The Morgan fingerprint density at radius 1 is 1.37 bits per heavy atom. The van der Waals surface area contributed by atoms with E-state index in [2.05, 4.69) is 6.92 Å². The number of likely N-dealkylation sites (tertiary alicyclic amines) is 1. The molecule has 110 valence electrons. The first kappa shape index (κ1) is 15.4. The zero-order chi connectivity index (χ0) is 14.1. The van der Waals surface area contributed by atoms with Crippen LogP contribution >= 0.6 is 23.2 Å². The van der Waals surface area contributed by atoms with Gasteiger partial charge in [0.05, 0.1) is 11.5 Å². The Hall–Kier alpha value is 0.01000. The molecule has 0 spiro atoms. The molecule has 0 N–H and O–H groups in total. The Bertz CT molecular complexity index is 348. The number of nitrogens with zero attached hydrogens (tertiary/aromatic N) is 1. The fraction of sp³-hybridized carbons (Fsp3) is 0.929. The zero-order valence-electron chi connectivity index (χ0n) is 11.8. The molecule has 0 unspecified atom stereocenters. The van der Waals surface area contributed by atoms with E-state index in [1.807, 2.05) is 11.8 Å². The number of halogens is 2. The van der Waals surface area contributed by atoms with Crippen molar-refractivity contribution < 1.29 is 9.53 Å². The number of hydrogen-bond acceptors (Lipinski definition) is 2. The van der Waals surface area contributed by atoms with Gasteiger partial charge >= 0.3 is 0 Å². The lowest BCUT2D eigenvalue weighted by Gasteiger charge is -2.25. The Morgan fingerprint density at radius 3 is 2.63 bits per heavy atom. The van der Waals surface area contributed by atoms with Gasteiger partial charge in [-0.15, -0.1) is 23.2 Å². The number of rotatable bonds is 4. The van der Waals surface area contributed by atoms with Crippen molar-refractivity contribution in [3.63, 3.8) is 0 Å². The van der Waals surface area contributed by atoms with E-state index >= 15 is 0 Å². The molecule has 1 saturated heterocycles. The van der Waals surface area contributed by atoms with Crippen molar-refractivity contribution in [1.29, 1.82) is 0 Å². The van der Waals surface area contributed by atoms with E-state index in [9.17, 15) is 4.79 Å². The molecular formula is C14H23Cl2NO2. The first-order valence-corrected chi connectivity index (χ1v) is 7.95. The lowest BCUT2D eigenvalue weighted by atomic mass is 10.1. The highest BCUT2D eigenvalue weighted by Crippen LogP contribution is 2.64. The SMILES string of the molecule is CCCO[C@H]1CCCN(C(=O)[C@@]2(C)CC2(Cl)Cl)CC1. The molecule has 0 aromatic carbocycles. The van der Waals surface area contributed by atoms with Crippen LogP contribution in [0.3, 0.4) is 0 Å². The second-order valence-electron chi connectivity index (χ2n) is 5.93. The van der Waals surface area contributed by atoms with Crippen molar-refractivity contribution in [2.75, 3.05) is 19.7 Å². The third-order valence-corrected chi connectivity index (χ3v) is 5.35. The van der Waals surface area contributed by atoms with Crippen molar-refractivity contribution in [2.45, 2.75) is 56.4 Å². The van der Waals surface area contributed by atoms with E-state index in [1.165, 1.54) is 0 Å². The molecule has 0 aromatic rings. The van der Waals surface area contributed by atoms with Gasteiger partial charge in [0.25, 0.3) is 0 Å². The van der Waals surface area contributed by atoms with Crippen LogP contribution in [0.1, 0.15) is 46.0 Å². The Balaban J connectivity index is 1.88. The number of carbonyl (C=O) groups excluding carboxylic acids is 1. The summed E-state index contributed by atoms with van der Waals surface area (Å²) in [6.07, 6.45) is 4.84. The first-order chi connectivity index (χ1) is 8.90. The van der Waals surface area contributed by atoms with Crippen LogP contribution in [0.15, 0.2) is 0 Å². The molecule has 3 nitrogen and oxygen atoms in total. The van der Waals surface area contributed by atoms with Crippen LogP contribution < -0.4 is 0 Å². The molecule has 1 saturated carbocycles. The molecule has 5 heteroatoms. The topological polar surface area (TPSA) is 29.5 Å². The minimum Gasteiger partial charge on any atom is -0.378 e. The van der Waals surface area contributed by atoms with E-state index < -0.39 is 9.75 Å². The van der Waals surface area contributed by atoms with Gasteiger partial charge in [-0.2, -0.15) is 0 Å². The van der Waals surface area contributed by atoms with E-state index in [1.54, 1.807) is 0 Å². The summed E-state index contributed by atoms with van der Waals surface area (Å²) in [5.74, 6) is 0.105. The van der Waals surface area contributed by atoms with Crippen molar-refractivity contribution in [2.24, 2.45) is 5.41 Å². The van der Waals surface area contributed by atoms with Crippen molar-refractivity contribution in [3.05, 3.63) is 0 Å². The standard InChI is InChI=1S/C14H23Cl2NO2/c1-3-9-19-11-5-4-7-17(8-6-11)12(18)13(2)10-14(13,15)16/h11H,3-10H2,1-2H3/t11-,13+/m0/s1. The van der Waals surface area contributed by atoms with Crippen molar-refractivity contribution in [3.8, 4) is 0 Å². The third-order valence-electron chi connectivity index (χ3n) is 4.25. The average Bonchev–Trinajstić information content (AvgIpc) is 2.97. The summed E-state index contributed by atoms with van der Waals surface area (Å²) >= 11 is 12.2. The number of hydrogen-bond donors (Lipinski definition) is 0. The molecule has 0 aromatic heterocycles. The predicted octanol–water partition coefficient (Wildman–Crippen LogP) is 3.38. The van der Waals surface area contributed by atoms with E-state index in [4.69, 9.17) is 27.9 Å². The highest BCUT2D eigenvalue weighted by Gasteiger charge is 2.68. The van der Waals surface area contributed by atoms with Crippen molar-refractivity contribution in [1.82, 2.24) is 4.90 Å². The molecule has 19 heavy (non-hydrogen) atoms. The Labute approximate surface area is 125 Å². The van der Waals surface area contributed by atoms with Crippen LogP contribution in [0.25, 0.3) is 0 Å². The predicted molar refractivity (Wildman–Crippen MR) is 77.6 cm³/mol. The molecule has 1 aliphatic carbocycles. The summed E-state index contributed by atoms with van der Waals surface area (Å²) in [6, 6.07) is 0. The van der Waals surface area contributed by atoms with E-state index in [0.29, 0.717) is 12.5 Å². The highest BCUT2D eigenvalue weighted by atomic mass is 35.5. The van der Waals surface area contributed by atoms with E-state index in [0.717, 1.165) is 45.4 Å². The maximum absolute atomic E-state index is 12.5. The molecule has 2 fully saturated rings. The first-order valence-electron chi connectivity index (χ1n) is 7.19. The molecule has 1 heterocycles. The van der Waals surface area contributed by atoms with Crippen LogP contribution in [0, 0.1) is 5.41 Å². The summed E-state index contributed by atoms with van der Waals surface area (Å²) < 4.78 is 4.93. The highest BCUT2D eigenvalue weighted by molar-refractivity contribution is 6.53. The zero-order valence-corrected chi connectivity index (χ0v) is 13.3. The second-order valence-corrected chi connectivity index (χ2v) is 7.41. The van der Waals surface area contributed by atoms with Crippen LogP contribution in [0.5, 0.6) is 0 Å². The van der Waals surface area contributed by atoms with Gasteiger partial charge < -0.3 is 9.64 Å². The maximum atomic E-state index is 12.5. The normalized spacial score (nSPS) is 33.9. The van der Waals surface area contributed by atoms with E-state index in [-0.39, 0.29) is 5.91 Å². The summed E-state index contributed by atoms with van der Waals surface area (Å²) in [5.41, 5.74) is -0.583. The minimum absolute atomic E-state index is 0.105. The van der Waals surface area contributed by atoms with Crippen LogP contribution in [0.2, 0.25) is 0 Å². The summed E-state index contributed by atoms with van der Waals surface area (Å²) in [7, 11) is 0. The van der Waals surface area contributed by atoms with Gasteiger partial charge in [0, 0.05) is 19.7 Å². The van der Waals surface area contributed by atoms with Crippen LogP contribution in [0.4, 0.5) is 0 Å². The lowest BCUT2D eigenvalue weighted by Crippen LogP contribution is -2.39. The van der Waals surface area contributed by atoms with Gasteiger partial charge in [0.15, 0.2) is 0 Å². The molecule has 1 amide bonds. The number of ether oxygens (including phenoxy) is 1. The minimum atomic E-state index is -0.867. The molecule has 2 rings (SSSR count). The Morgan fingerprint density at radius 2 is 2.05 bits per heavy atom. The summed E-state index contributed by atoms with van der Waals surface area (Å²) in [6.45, 7) is 6.34. The molecule has 0 radical (unpaired) electrons. The molecule has 2 aliphatic rings. The molecular weight excluding hydrogens is 285 g/mol. The quantitative estimate of drug-likeness (QED) is 0.745. The average molecular weight is 308 g/mol. The Kier molecular flexibility index (Phi) is 4.69. The van der Waals surface area contributed by atoms with Gasteiger partial charge in [-0.25, -0.2) is 0 Å². The van der Waals surface area contributed by atoms with Gasteiger partial charge in [0.1, 0.15) is 4.33 Å². The number of carbonyl (C=O) groups is 1. The smallest absolute Gasteiger partial charge is 0.231 e. The lowest BCUT2D eigenvalue weighted by molar-refractivity contribution is -0.136. The van der Waals surface area contributed by atoms with Crippen molar-refractivity contribution >= 4 is 29.1 Å². The van der Waals surface area contributed by atoms with Gasteiger partial charge in [-0.05, 0) is 39.0 Å². The molecule has 0 bridgehead atoms. The summed E-state index contributed by atoms with van der Waals surface area (Å²) in [5, 5.41) is 0. The van der Waals surface area contributed by atoms with Gasteiger partial charge in [-0.1, -0.05) is 6.92 Å². The van der Waals surface area contributed by atoms with Crippen LogP contribution in [-0.2, 0) is 9.53 Å². The molecule has 1 aliphatic heterocycles. The second kappa shape index (κ2) is 5.79. The van der Waals surface area contributed by atoms with Gasteiger partial charge in [0.2, 0.25) is 5.91 Å². The monoisotopic (exact) mass is 307 g/mol. The number of alkyl halides is 2. The van der Waals surface area contributed by atoms with Gasteiger partial charge in [-0.3, -0.25) is 4.79 Å². The maximum Gasteiger partial charge on any atom is 0.231 e. The largest absolute Gasteiger partial charge is 0.378 e. The molecule has 2 atom stereocenters. The summed E-state index contributed by atoms with van der Waals surface area (Å²) in [4.78, 5) is 14.4. The fourth-order valence-corrected chi connectivity index (χ4v) is 3.40. The van der Waals surface area contributed by atoms with Crippen LogP contribution in [-0.4, -0.2) is 40.9 Å². The fourth-order valence-electron chi connectivity index (χ4n) is 2.70. The number of amides is 1. The third kappa shape index (κ3) is 3.20.